The first-order chi connectivity index (χ1) is 14.3. The number of halogens is 2. The lowest BCUT2D eigenvalue weighted by Crippen LogP contribution is -2.57. The number of rotatable bonds is 3. The van der Waals surface area contributed by atoms with E-state index in [4.69, 9.17) is 11.6 Å². The Kier molecular flexibility index (Phi) is 5.55. The van der Waals surface area contributed by atoms with Crippen LogP contribution >= 0.6 is 11.6 Å². The summed E-state index contributed by atoms with van der Waals surface area (Å²) in [6, 6.07) is 12.2. The summed E-state index contributed by atoms with van der Waals surface area (Å²) >= 11 is 6.23. The standard InChI is InChI=1S/C23H25ClFN3O2/c1-27(2)22(30)18-13-28(12-17-19(24)8-5-9-20(17)25)14-23(18)11-10-15-6-3-4-7-16(15)21(29)26-23/h3-9,18H,10-14H2,1-2H3,(H,26,29)/t18-,23+/m1/s1. The van der Waals surface area contributed by atoms with Crippen molar-refractivity contribution in [1.82, 2.24) is 15.1 Å². The second-order valence-electron chi connectivity index (χ2n) is 8.42. The van der Waals surface area contributed by atoms with Gasteiger partial charge in [-0.15, -0.1) is 0 Å². The maximum absolute atomic E-state index is 14.4. The number of amides is 2. The molecule has 1 fully saturated rings. The quantitative estimate of drug-likeness (QED) is 0.815. The Balaban J connectivity index is 1.67. The van der Waals surface area contributed by atoms with E-state index in [9.17, 15) is 14.0 Å². The van der Waals surface area contributed by atoms with Crippen molar-refractivity contribution in [1.29, 1.82) is 0 Å². The monoisotopic (exact) mass is 429 g/mol. The molecule has 0 radical (unpaired) electrons. The first-order valence-corrected chi connectivity index (χ1v) is 10.5. The molecule has 2 atom stereocenters. The van der Waals surface area contributed by atoms with Gasteiger partial charge >= 0.3 is 0 Å². The van der Waals surface area contributed by atoms with Gasteiger partial charge in [-0.05, 0) is 36.6 Å². The van der Waals surface area contributed by atoms with E-state index in [0.29, 0.717) is 42.1 Å². The number of carbonyl (C=O) groups excluding carboxylic acids is 2. The molecule has 0 saturated carbocycles. The zero-order valence-electron chi connectivity index (χ0n) is 17.1. The minimum Gasteiger partial charge on any atom is -0.348 e. The minimum atomic E-state index is -0.713. The molecule has 4 rings (SSSR count). The average molecular weight is 430 g/mol. The Bertz CT molecular complexity index is 976. The summed E-state index contributed by atoms with van der Waals surface area (Å²) in [6.45, 7) is 1.17. The number of nitrogens with zero attached hydrogens (tertiary/aromatic N) is 2. The Hall–Kier alpha value is -2.44. The molecule has 1 saturated heterocycles. The molecule has 2 aromatic rings. The maximum Gasteiger partial charge on any atom is 0.252 e. The summed E-state index contributed by atoms with van der Waals surface area (Å²) < 4.78 is 14.4. The molecule has 30 heavy (non-hydrogen) atoms. The van der Waals surface area contributed by atoms with Crippen LogP contribution in [0.5, 0.6) is 0 Å². The first kappa shape index (κ1) is 20.8. The van der Waals surface area contributed by atoms with Crippen LogP contribution in [0, 0.1) is 11.7 Å². The highest BCUT2D eigenvalue weighted by Crippen LogP contribution is 2.37. The molecule has 0 bridgehead atoms. The molecule has 0 aromatic heterocycles. The van der Waals surface area contributed by atoms with E-state index in [-0.39, 0.29) is 24.2 Å². The van der Waals surface area contributed by atoms with Crippen LogP contribution in [0.3, 0.4) is 0 Å². The van der Waals surface area contributed by atoms with E-state index in [0.717, 1.165) is 5.56 Å². The summed E-state index contributed by atoms with van der Waals surface area (Å²) in [5.41, 5.74) is 1.34. The van der Waals surface area contributed by atoms with Crippen molar-refractivity contribution < 1.29 is 14.0 Å². The van der Waals surface area contributed by atoms with E-state index in [2.05, 4.69) is 5.32 Å². The highest BCUT2D eigenvalue weighted by Gasteiger charge is 2.52. The normalized spacial score (nSPS) is 23.7. The molecule has 7 heteroatoms. The minimum absolute atomic E-state index is 0.0385. The zero-order valence-corrected chi connectivity index (χ0v) is 17.9. The van der Waals surface area contributed by atoms with Gasteiger partial charge in [0.25, 0.3) is 5.91 Å². The largest absolute Gasteiger partial charge is 0.348 e. The predicted octanol–water partition coefficient (Wildman–Crippen LogP) is 3.11. The van der Waals surface area contributed by atoms with E-state index < -0.39 is 11.5 Å². The maximum atomic E-state index is 14.4. The number of nitrogens with one attached hydrogen (secondary N) is 1. The summed E-state index contributed by atoms with van der Waals surface area (Å²) in [7, 11) is 3.44. The highest BCUT2D eigenvalue weighted by atomic mass is 35.5. The molecule has 5 nitrogen and oxygen atoms in total. The first-order valence-electron chi connectivity index (χ1n) is 10.1. The molecule has 0 aliphatic carbocycles. The number of likely N-dealkylation sites (tertiary alicyclic amines) is 1. The second-order valence-corrected chi connectivity index (χ2v) is 8.83. The van der Waals surface area contributed by atoms with Gasteiger partial charge in [0.2, 0.25) is 5.91 Å². The fraction of sp³-hybridized carbons (Fsp3) is 0.391. The molecule has 1 spiro atoms. The Labute approximate surface area is 180 Å². The molecular formula is C23H25ClFN3O2. The van der Waals surface area contributed by atoms with Crippen molar-refractivity contribution in [2.45, 2.75) is 24.9 Å². The van der Waals surface area contributed by atoms with Crippen LogP contribution in [0.2, 0.25) is 5.02 Å². The number of aryl methyl sites for hydroxylation is 1. The molecule has 1 N–H and O–H groups in total. The molecule has 2 aliphatic rings. The van der Waals surface area contributed by atoms with Gasteiger partial charge < -0.3 is 10.2 Å². The third-order valence-corrected chi connectivity index (χ3v) is 6.61. The van der Waals surface area contributed by atoms with Gasteiger partial charge in [0.15, 0.2) is 0 Å². The van der Waals surface area contributed by atoms with Crippen LogP contribution in [0.4, 0.5) is 4.39 Å². The molecular weight excluding hydrogens is 405 g/mol. The number of hydrogen-bond donors (Lipinski definition) is 1. The molecule has 2 heterocycles. The number of carbonyl (C=O) groups is 2. The lowest BCUT2D eigenvalue weighted by molar-refractivity contribution is -0.134. The third-order valence-electron chi connectivity index (χ3n) is 6.26. The number of fused-ring (bicyclic) bond motifs is 1. The van der Waals surface area contributed by atoms with Gasteiger partial charge in [0.05, 0.1) is 11.5 Å². The number of benzene rings is 2. The summed E-state index contributed by atoms with van der Waals surface area (Å²) in [4.78, 5) is 29.7. The summed E-state index contributed by atoms with van der Waals surface area (Å²) in [5, 5.41) is 3.55. The average Bonchev–Trinajstić information content (AvgIpc) is 2.99. The predicted molar refractivity (Wildman–Crippen MR) is 114 cm³/mol. The van der Waals surface area contributed by atoms with Gasteiger partial charge in [0, 0.05) is 49.9 Å². The molecule has 158 valence electrons. The lowest BCUT2D eigenvalue weighted by atomic mass is 9.81. The van der Waals surface area contributed by atoms with Crippen LogP contribution in [-0.2, 0) is 17.8 Å². The third kappa shape index (κ3) is 3.70. The van der Waals surface area contributed by atoms with Crippen molar-refractivity contribution in [3.63, 3.8) is 0 Å². The summed E-state index contributed by atoms with van der Waals surface area (Å²) in [5.74, 6) is -0.985. The lowest BCUT2D eigenvalue weighted by Gasteiger charge is -2.35. The fourth-order valence-electron chi connectivity index (χ4n) is 4.71. The van der Waals surface area contributed by atoms with Crippen LogP contribution in [-0.4, -0.2) is 54.3 Å². The molecule has 2 amide bonds. The topological polar surface area (TPSA) is 52.7 Å². The van der Waals surface area contributed by atoms with Crippen molar-refractivity contribution in [3.8, 4) is 0 Å². The Morgan fingerprint density at radius 2 is 2.03 bits per heavy atom. The van der Waals surface area contributed by atoms with Crippen LogP contribution in [0.15, 0.2) is 42.5 Å². The SMILES string of the molecule is CN(C)C(=O)[C@H]1CN(Cc2c(F)cccc2Cl)C[C@@]12CCc1ccccc1C(=O)N2. The van der Waals surface area contributed by atoms with Gasteiger partial charge in [-0.25, -0.2) is 4.39 Å². The second kappa shape index (κ2) is 8.00. The van der Waals surface area contributed by atoms with Gasteiger partial charge in [-0.2, -0.15) is 0 Å². The number of hydrogen-bond acceptors (Lipinski definition) is 3. The van der Waals surface area contributed by atoms with Crippen LogP contribution in [0.1, 0.15) is 27.9 Å². The van der Waals surface area contributed by atoms with Gasteiger partial charge in [0.1, 0.15) is 5.82 Å². The smallest absolute Gasteiger partial charge is 0.252 e. The Morgan fingerprint density at radius 1 is 1.27 bits per heavy atom. The van der Waals surface area contributed by atoms with E-state index in [1.165, 1.54) is 6.07 Å². The van der Waals surface area contributed by atoms with E-state index in [1.54, 1.807) is 31.1 Å². The molecule has 2 aliphatic heterocycles. The van der Waals surface area contributed by atoms with Crippen LogP contribution < -0.4 is 5.32 Å². The van der Waals surface area contributed by atoms with Crippen molar-refractivity contribution >= 4 is 23.4 Å². The van der Waals surface area contributed by atoms with Crippen molar-refractivity contribution in [3.05, 3.63) is 70.0 Å². The van der Waals surface area contributed by atoms with Crippen LogP contribution in [0.25, 0.3) is 0 Å². The van der Waals surface area contributed by atoms with E-state index >= 15 is 0 Å². The van der Waals surface area contributed by atoms with Crippen molar-refractivity contribution in [2.24, 2.45) is 5.92 Å². The zero-order chi connectivity index (χ0) is 21.5. The Morgan fingerprint density at radius 3 is 2.77 bits per heavy atom. The fourth-order valence-corrected chi connectivity index (χ4v) is 4.94. The molecule has 2 aromatic carbocycles. The van der Waals surface area contributed by atoms with Gasteiger partial charge in [-0.1, -0.05) is 35.9 Å². The highest BCUT2D eigenvalue weighted by molar-refractivity contribution is 6.31. The van der Waals surface area contributed by atoms with Gasteiger partial charge in [-0.3, -0.25) is 14.5 Å². The molecule has 0 unspecified atom stereocenters. The van der Waals surface area contributed by atoms with Crippen molar-refractivity contribution in [2.75, 3.05) is 27.2 Å². The summed E-state index contributed by atoms with van der Waals surface area (Å²) in [6.07, 6.45) is 1.34. The van der Waals surface area contributed by atoms with E-state index in [1.807, 2.05) is 29.2 Å².